The summed E-state index contributed by atoms with van der Waals surface area (Å²) in [5.74, 6) is -0.915. The lowest BCUT2D eigenvalue weighted by molar-refractivity contribution is -0.123. The molecule has 0 atom stereocenters. The monoisotopic (exact) mass is 370 g/mol. The molecule has 2 aromatic rings. The standard InChI is InChI=1S/C16H13Cl3N2O2/c1-9-2-3-10(17)7-14(9)21-16(23)8-15(22)20-13-5-11(18)4-12(19)6-13/h2-7H,8H2,1H3,(H,20,22)(H,21,23). The highest BCUT2D eigenvalue weighted by Crippen LogP contribution is 2.23. The molecule has 0 aliphatic carbocycles. The summed E-state index contributed by atoms with van der Waals surface area (Å²) in [7, 11) is 0. The first kappa shape index (κ1) is 17.6. The molecule has 0 bridgehead atoms. The summed E-state index contributed by atoms with van der Waals surface area (Å²) in [5, 5.41) is 6.52. The number of carbonyl (C=O) groups is 2. The number of rotatable bonds is 4. The van der Waals surface area contributed by atoms with Crippen LogP contribution in [0, 0.1) is 6.92 Å². The molecule has 2 N–H and O–H groups in total. The number of hydrogen-bond acceptors (Lipinski definition) is 2. The van der Waals surface area contributed by atoms with Crippen LogP contribution in [-0.4, -0.2) is 11.8 Å². The molecular weight excluding hydrogens is 359 g/mol. The largest absolute Gasteiger partial charge is 0.326 e. The van der Waals surface area contributed by atoms with Crippen LogP contribution in [-0.2, 0) is 9.59 Å². The third-order valence-corrected chi connectivity index (χ3v) is 3.61. The number of halogens is 3. The van der Waals surface area contributed by atoms with Crippen LogP contribution in [0.2, 0.25) is 15.1 Å². The molecule has 0 saturated carbocycles. The summed E-state index contributed by atoms with van der Waals surface area (Å²) >= 11 is 17.6. The van der Waals surface area contributed by atoms with Crippen molar-refractivity contribution in [1.29, 1.82) is 0 Å². The zero-order valence-corrected chi connectivity index (χ0v) is 14.4. The van der Waals surface area contributed by atoms with Crippen LogP contribution in [0.4, 0.5) is 11.4 Å². The van der Waals surface area contributed by atoms with Gasteiger partial charge < -0.3 is 10.6 Å². The van der Waals surface area contributed by atoms with E-state index in [0.29, 0.717) is 26.4 Å². The first-order valence-corrected chi connectivity index (χ1v) is 7.79. The van der Waals surface area contributed by atoms with E-state index in [1.807, 2.05) is 6.92 Å². The Hall–Kier alpha value is -1.75. The summed E-state index contributed by atoms with van der Waals surface area (Å²) in [6.07, 6.45) is -0.337. The van der Waals surface area contributed by atoms with Crippen molar-refractivity contribution in [2.24, 2.45) is 0 Å². The van der Waals surface area contributed by atoms with Crippen molar-refractivity contribution >= 4 is 58.0 Å². The minimum absolute atomic E-state index is 0.337. The summed E-state index contributed by atoms with van der Waals surface area (Å²) in [4.78, 5) is 23.8. The fraction of sp³-hybridized carbons (Fsp3) is 0.125. The molecule has 0 aliphatic heterocycles. The normalized spacial score (nSPS) is 10.3. The van der Waals surface area contributed by atoms with E-state index in [0.717, 1.165) is 5.56 Å². The van der Waals surface area contributed by atoms with Gasteiger partial charge in [-0.15, -0.1) is 0 Å². The first-order valence-electron chi connectivity index (χ1n) is 6.65. The second-order valence-electron chi connectivity index (χ2n) is 4.89. The molecule has 4 nitrogen and oxygen atoms in total. The Morgan fingerprint density at radius 3 is 2.13 bits per heavy atom. The quantitative estimate of drug-likeness (QED) is 0.749. The van der Waals surface area contributed by atoms with Gasteiger partial charge in [-0.1, -0.05) is 40.9 Å². The van der Waals surface area contributed by atoms with Crippen LogP contribution in [0.1, 0.15) is 12.0 Å². The van der Waals surface area contributed by atoms with Crippen molar-refractivity contribution in [2.45, 2.75) is 13.3 Å². The van der Waals surface area contributed by atoms with E-state index in [4.69, 9.17) is 34.8 Å². The molecule has 2 rings (SSSR count). The van der Waals surface area contributed by atoms with Crippen molar-refractivity contribution in [2.75, 3.05) is 10.6 Å². The molecule has 2 aromatic carbocycles. The SMILES string of the molecule is Cc1ccc(Cl)cc1NC(=O)CC(=O)Nc1cc(Cl)cc(Cl)c1. The second kappa shape index (κ2) is 7.68. The zero-order chi connectivity index (χ0) is 17.0. The van der Waals surface area contributed by atoms with Gasteiger partial charge in [0.1, 0.15) is 6.42 Å². The average Bonchev–Trinajstić information content (AvgIpc) is 2.41. The third-order valence-electron chi connectivity index (χ3n) is 2.94. The Kier molecular flexibility index (Phi) is 5.88. The minimum atomic E-state index is -0.472. The Balaban J connectivity index is 1.97. The average molecular weight is 372 g/mol. The lowest BCUT2D eigenvalue weighted by Gasteiger charge is -2.09. The van der Waals surface area contributed by atoms with E-state index < -0.39 is 11.8 Å². The highest BCUT2D eigenvalue weighted by molar-refractivity contribution is 6.35. The van der Waals surface area contributed by atoms with Gasteiger partial charge in [0.2, 0.25) is 11.8 Å². The van der Waals surface area contributed by atoms with Crippen LogP contribution in [0.3, 0.4) is 0 Å². The van der Waals surface area contributed by atoms with Crippen molar-refractivity contribution < 1.29 is 9.59 Å². The molecule has 0 aromatic heterocycles. The number of benzene rings is 2. The van der Waals surface area contributed by atoms with Gasteiger partial charge in [-0.3, -0.25) is 9.59 Å². The Labute approximate surface area is 148 Å². The minimum Gasteiger partial charge on any atom is -0.326 e. The number of aryl methyl sites for hydroxylation is 1. The molecule has 0 radical (unpaired) electrons. The van der Waals surface area contributed by atoms with Gasteiger partial charge in [0, 0.05) is 26.4 Å². The topological polar surface area (TPSA) is 58.2 Å². The highest BCUT2D eigenvalue weighted by Gasteiger charge is 2.12. The summed E-state index contributed by atoms with van der Waals surface area (Å²) < 4.78 is 0. The fourth-order valence-electron chi connectivity index (χ4n) is 1.90. The first-order chi connectivity index (χ1) is 10.8. The van der Waals surface area contributed by atoms with Crippen LogP contribution >= 0.6 is 34.8 Å². The van der Waals surface area contributed by atoms with Gasteiger partial charge in [-0.05, 0) is 42.8 Å². The van der Waals surface area contributed by atoms with E-state index >= 15 is 0 Å². The number of anilines is 2. The molecule has 0 unspecified atom stereocenters. The molecule has 0 heterocycles. The maximum Gasteiger partial charge on any atom is 0.233 e. The van der Waals surface area contributed by atoms with Crippen molar-refractivity contribution in [3.05, 3.63) is 57.0 Å². The molecule has 2 amide bonds. The lowest BCUT2D eigenvalue weighted by atomic mass is 10.2. The molecule has 0 spiro atoms. The lowest BCUT2D eigenvalue weighted by Crippen LogP contribution is -2.21. The van der Waals surface area contributed by atoms with E-state index in [9.17, 15) is 9.59 Å². The number of amides is 2. The van der Waals surface area contributed by atoms with E-state index in [2.05, 4.69) is 10.6 Å². The van der Waals surface area contributed by atoms with Crippen molar-refractivity contribution in [3.8, 4) is 0 Å². The van der Waals surface area contributed by atoms with Crippen molar-refractivity contribution in [1.82, 2.24) is 0 Å². The summed E-state index contributed by atoms with van der Waals surface area (Å²) in [6.45, 7) is 1.83. The summed E-state index contributed by atoms with van der Waals surface area (Å²) in [6, 6.07) is 9.78. The molecule has 0 saturated heterocycles. The van der Waals surface area contributed by atoms with Crippen LogP contribution in [0.5, 0.6) is 0 Å². The maximum atomic E-state index is 11.9. The number of hydrogen-bond donors (Lipinski definition) is 2. The van der Waals surface area contributed by atoms with Gasteiger partial charge in [0.05, 0.1) is 0 Å². The Morgan fingerprint density at radius 1 is 0.870 bits per heavy atom. The number of nitrogens with one attached hydrogen (secondary N) is 2. The zero-order valence-electron chi connectivity index (χ0n) is 12.1. The van der Waals surface area contributed by atoms with E-state index in [-0.39, 0.29) is 6.42 Å². The van der Waals surface area contributed by atoms with Crippen LogP contribution in [0.15, 0.2) is 36.4 Å². The fourth-order valence-corrected chi connectivity index (χ4v) is 2.60. The van der Waals surface area contributed by atoms with Gasteiger partial charge in [0.15, 0.2) is 0 Å². The van der Waals surface area contributed by atoms with Gasteiger partial charge in [-0.2, -0.15) is 0 Å². The highest BCUT2D eigenvalue weighted by atomic mass is 35.5. The Bertz CT molecular complexity index is 743. The number of carbonyl (C=O) groups excluding carboxylic acids is 2. The molecule has 7 heteroatoms. The smallest absolute Gasteiger partial charge is 0.233 e. The molecular formula is C16H13Cl3N2O2. The van der Waals surface area contributed by atoms with Crippen LogP contribution < -0.4 is 10.6 Å². The molecule has 0 fully saturated rings. The van der Waals surface area contributed by atoms with Crippen molar-refractivity contribution in [3.63, 3.8) is 0 Å². The van der Waals surface area contributed by atoms with E-state index in [1.54, 1.807) is 36.4 Å². The Morgan fingerprint density at radius 2 is 1.48 bits per heavy atom. The maximum absolute atomic E-state index is 11.9. The predicted molar refractivity (Wildman–Crippen MR) is 94.5 cm³/mol. The third kappa shape index (κ3) is 5.43. The van der Waals surface area contributed by atoms with E-state index in [1.165, 1.54) is 0 Å². The van der Waals surface area contributed by atoms with Gasteiger partial charge in [-0.25, -0.2) is 0 Å². The molecule has 23 heavy (non-hydrogen) atoms. The summed E-state index contributed by atoms with van der Waals surface area (Å²) in [5.41, 5.74) is 1.85. The predicted octanol–water partition coefficient (Wildman–Crippen LogP) is 4.92. The molecule has 0 aliphatic rings. The van der Waals surface area contributed by atoms with Crippen LogP contribution in [0.25, 0.3) is 0 Å². The second-order valence-corrected chi connectivity index (χ2v) is 6.20. The van der Waals surface area contributed by atoms with Gasteiger partial charge in [0.25, 0.3) is 0 Å². The van der Waals surface area contributed by atoms with Gasteiger partial charge >= 0.3 is 0 Å². The molecule has 120 valence electrons.